The van der Waals surface area contributed by atoms with Crippen LogP contribution in [-0.2, 0) is 0 Å². The summed E-state index contributed by atoms with van der Waals surface area (Å²) in [5, 5.41) is 12.8. The highest BCUT2D eigenvalue weighted by molar-refractivity contribution is 5.95. The highest BCUT2D eigenvalue weighted by Gasteiger charge is 2.20. The summed E-state index contributed by atoms with van der Waals surface area (Å²) in [6, 6.07) is 6.59. The van der Waals surface area contributed by atoms with Gasteiger partial charge in [-0.1, -0.05) is 12.1 Å². The van der Waals surface area contributed by atoms with Gasteiger partial charge in [-0.3, -0.25) is 4.79 Å². The summed E-state index contributed by atoms with van der Waals surface area (Å²) < 4.78 is 17.9. The predicted molar refractivity (Wildman–Crippen MR) is 71.7 cm³/mol. The van der Waals surface area contributed by atoms with Crippen LogP contribution in [0.15, 0.2) is 41.0 Å². The van der Waals surface area contributed by atoms with Crippen LogP contribution < -0.4 is 5.32 Å². The van der Waals surface area contributed by atoms with Crippen molar-refractivity contribution < 1.29 is 18.7 Å². The third-order valence-corrected chi connectivity index (χ3v) is 3.15. The second-order valence-electron chi connectivity index (χ2n) is 4.65. The number of carbonyl (C=O) groups is 1. The molecule has 2 N–H and O–H groups in total. The molecule has 1 aromatic carbocycles. The largest absolute Gasteiger partial charge is 0.469 e. The summed E-state index contributed by atoms with van der Waals surface area (Å²) in [5.74, 6) is -0.164. The normalized spacial score (nSPS) is 13.8. The fraction of sp³-hybridized carbons (Fsp3) is 0.267. The van der Waals surface area contributed by atoms with Crippen LogP contribution in [0.2, 0.25) is 0 Å². The number of nitrogens with one attached hydrogen (secondary N) is 1. The summed E-state index contributed by atoms with van der Waals surface area (Å²) in [6.07, 6.45) is 0.525. The number of aliphatic hydroxyl groups excluding tert-OH is 1. The van der Waals surface area contributed by atoms with Crippen LogP contribution in [-0.4, -0.2) is 17.1 Å². The average Bonchev–Trinajstić information content (AvgIpc) is 2.85. The Morgan fingerprint density at radius 2 is 1.95 bits per heavy atom. The maximum atomic E-state index is 12.8. The van der Waals surface area contributed by atoms with Crippen molar-refractivity contribution in [2.24, 2.45) is 0 Å². The van der Waals surface area contributed by atoms with E-state index in [0.29, 0.717) is 16.9 Å². The fourth-order valence-corrected chi connectivity index (χ4v) is 1.93. The fourth-order valence-electron chi connectivity index (χ4n) is 1.93. The second kappa shape index (κ2) is 5.88. The summed E-state index contributed by atoms with van der Waals surface area (Å²) in [4.78, 5) is 12.0. The van der Waals surface area contributed by atoms with Gasteiger partial charge in [0.1, 0.15) is 11.6 Å². The minimum atomic E-state index is -0.910. The zero-order valence-electron chi connectivity index (χ0n) is 11.3. The van der Waals surface area contributed by atoms with Gasteiger partial charge in [0, 0.05) is 0 Å². The molecule has 20 heavy (non-hydrogen) atoms. The molecule has 0 saturated heterocycles. The molecule has 0 fully saturated rings. The molecule has 2 aromatic rings. The lowest BCUT2D eigenvalue weighted by molar-refractivity contribution is 0.0850. The highest BCUT2D eigenvalue weighted by atomic mass is 19.1. The summed E-state index contributed by atoms with van der Waals surface area (Å²) in [7, 11) is 0. The molecule has 0 aliphatic rings. The molecular weight excluding hydrogens is 261 g/mol. The van der Waals surface area contributed by atoms with Crippen LogP contribution >= 0.6 is 0 Å². The van der Waals surface area contributed by atoms with Crippen molar-refractivity contribution in [3.63, 3.8) is 0 Å². The molecule has 1 aromatic heterocycles. The Morgan fingerprint density at radius 1 is 1.30 bits per heavy atom. The van der Waals surface area contributed by atoms with E-state index in [1.807, 2.05) is 0 Å². The van der Waals surface area contributed by atoms with E-state index in [9.17, 15) is 14.3 Å². The predicted octanol–water partition coefficient (Wildman–Crippen LogP) is 2.58. The summed E-state index contributed by atoms with van der Waals surface area (Å²) in [6.45, 7) is 3.37. The number of furan rings is 1. The molecule has 2 rings (SSSR count). The van der Waals surface area contributed by atoms with Gasteiger partial charge >= 0.3 is 0 Å². The van der Waals surface area contributed by atoms with Gasteiger partial charge in [0.2, 0.25) is 0 Å². The van der Waals surface area contributed by atoms with E-state index in [0.717, 1.165) is 0 Å². The Bertz CT molecular complexity index is 591. The first-order chi connectivity index (χ1) is 9.49. The van der Waals surface area contributed by atoms with Crippen LogP contribution in [0.25, 0.3) is 0 Å². The van der Waals surface area contributed by atoms with E-state index in [-0.39, 0.29) is 11.7 Å². The van der Waals surface area contributed by atoms with Gasteiger partial charge in [-0.05, 0) is 37.6 Å². The van der Waals surface area contributed by atoms with Gasteiger partial charge in [0.15, 0.2) is 0 Å². The summed E-state index contributed by atoms with van der Waals surface area (Å²) in [5.41, 5.74) is 0.978. The minimum absolute atomic E-state index is 0.315. The number of carbonyl (C=O) groups excluding carboxylic acids is 1. The van der Waals surface area contributed by atoms with E-state index >= 15 is 0 Å². The highest BCUT2D eigenvalue weighted by Crippen LogP contribution is 2.18. The van der Waals surface area contributed by atoms with Gasteiger partial charge in [-0.2, -0.15) is 0 Å². The van der Waals surface area contributed by atoms with Crippen LogP contribution in [0.5, 0.6) is 0 Å². The Kier molecular flexibility index (Phi) is 4.20. The number of hydrogen-bond donors (Lipinski definition) is 2. The number of halogens is 1. The zero-order valence-corrected chi connectivity index (χ0v) is 11.3. The quantitative estimate of drug-likeness (QED) is 0.903. The average molecular weight is 277 g/mol. The van der Waals surface area contributed by atoms with Crippen molar-refractivity contribution in [1.29, 1.82) is 0 Å². The molecule has 0 radical (unpaired) electrons. The Hall–Kier alpha value is -2.14. The van der Waals surface area contributed by atoms with Crippen LogP contribution in [0.3, 0.4) is 0 Å². The van der Waals surface area contributed by atoms with Gasteiger partial charge in [-0.25, -0.2) is 4.39 Å². The molecule has 4 nitrogen and oxygen atoms in total. The van der Waals surface area contributed by atoms with E-state index in [1.165, 1.54) is 30.5 Å². The maximum Gasteiger partial charge on any atom is 0.255 e. The standard InChI is InChI=1S/C15H16FNO3/c1-9(14(18)11-3-5-12(16)6-4-11)17-15(19)13-7-8-20-10(13)2/h3-9,14,18H,1-2H3,(H,17,19). The SMILES string of the molecule is Cc1occc1C(=O)NC(C)C(O)c1ccc(F)cc1. The minimum Gasteiger partial charge on any atom is -0.469 e. The van der Waals surface area contributed by atoms with Gasteiger partial charge in [0.25, 0.3) is 5.91 Å². The molecule has 2 atom stereocenters. The Labute approximate surface area is 116 Å². The number of hydrogen-bond acceptors (Lipinski definition) is 3. The first-order valence-electron chi connectivity index (χ1n) is 6.27. The summed E-state index contributed by atoms with van der Waals surface area (Å²) >= 11 is 0. The number of benzene rings is 1. The van der Waals surface area contributed by atoms with Gasteiger partial charge in [0.05, 0.1) is 24.0 Å². The Morgan fingerprint density at radius 3 is 2.50 bits per heavy atom. The van der Waals surface area contributed by atoms with Crippen molar-refractivity contribution in [3.8, 4) is 0 Å². The molecule has 2 unspecified atom stereocenters. The maximum absolute atomic E-state index is 12.8. The third-order valence-electron chi connectivity index (χ3n) is 3.15. The van der Waals surface area contributed by atoms with E-state index in [2.05, 4.69) is 5.32 Å². The van der Waals surface area contributed by atoms with Crippen molar-refractivity contribution in [2.75, 3.05) is 0 Å². The molecule has 0 aliphatic carbocycles. The van der Waals surface area contributed by atoms with Crippen LogP contribution in [0.1, 0.15) is 34.7 Å². The van der Waals surface area contributed by atoms with Crippen molar-refractivity contribution in [2.45, 2.75) is 26.0 Å². The zero-order chi connectivity index (χ0) is 14.7. The van der Waals surface area contributed by atoms with Crippen molar-refractivity contribution >= 4 is 5.91 Å². The first kappa shape index (κ1) is 14.3. The number of aliphatic hydroxyl groups is 1. The molecule has 1 amide bonds. The topological polar surface area (TPSA) is 62.5 Å². The lowest BCUT2D eigenvalue weighted by Gasteiger charge is -2.20. The third kappa shape index (κ3) is 3.05. The monoisotopic (exact) mass is 277 g/mol. The first-order valence-corrected chi connectivity index (χ1v) is 6.27. The van der Waals surface area contributed by atoms with Crippen molar-refractivity contribution in [3.05, 3.63) is 59.3 Å². The van der Waals surface area contributed by atoms with Crippen LogP contribution in [0.4, 0.5) is 4.39 Å². The van der Waals surface area contributed by atoms with E-state index in [1.54, 1.807) is 19.9 Å². The molecule has 0 saturated carbocycles. The Balaban J connectivity index is 2.04. The van der Waals surface area contributed by atoms with Crippen molar-refractivity contribution in [1.82, 2.24) is 5.32 Å². The molecule has 0 spiro atoms. The molecule has 5 heteroatoms. The lowest BCUT2D eigenvalue weighted by atomic mass is 10.0. The lowest BCUT2D eigenvalue weighted by Crippen LogP contribution is -2.37. The van der Waals surface area contributed by atoms with Gasteiger partial charge in [-0.15, -0.1) is 0 Å². The smallest absolute Gasteiger partial charge is 0.255 e. The number of aryl methyl sites for hydroxylation is 1. The molecule has 106 valence electrons. The molecular formula is C15H16FNO3. The van der Waals surface area contributed by atoms with Crippen LogP contribution in [0, 0.1) is 12.7 Å². The number of amides is 1. The van der Waals surface area contributed by atoms with E-state index in [4.69, 9.17) is 4.42 Å². The second-order valence-corrected chi connectivity index (χ2v) is 4.65. The number of rotatable bonds is 4. The molecule has 0 aliphatic heterocycles. The van der Waals surface area contributed by atoms with E-state index < -0.39 is 12.1 Å². The molecule has 0 bridgehead atoms. The van der Waals surface area contributed by atoms with Gasteiger partial charge < -0.3 is 14.8 Å². The molecule has 1 heterocycles.